The highest BCUT2D eigenvalue weighted by Crippen LogP contribution is 2.17. The van der Waals surface area contributed by atoms with Crippen LogP contribution < -0.4 is 5.56 Å². The predicted octanol–water partition coefficient (Wildman–Crippen LogP) is 3.74. The Morgan fingerprint density at radius 1 is 1.14 bits per heavy atom. The first-order valence-electron chi connectivity index (χ1n) is 9.85. The van der Waals surface area contributed by atoms with Crippen LogP contribution in [0.15, 0.2) is 47.3 Å². The molecule has 6 heteroatoms. The standard InChI is InChI=1S/C23H21N3O3/c24-14-16-6-5-7-17(12-16)15-29-23(28)18-9-10-19-20(13-18)25-21-8-3-1-2-4-11-26(21)22(19)27/h5-7,9-10,12-13H,1-4,8,11,15H2. The van der Waals surface area contributed by atoms with E-state index >= 15 is 0 Å². The fourth-order valence-electron chi connectivity index (χ4n) is 3.68. The molecule has 146 valence electrons. The molecule has 0 N–H and O–H groups in total. The van der Waals surface area contributed by atoms with Crippen molar-refractivity contribution in [2.24, 2.45) is 0 Å². The quantitative estimate of drug-likeness (QED) is 0.639. The van der Waals surface area contributed by atoms with E-state index in [0.717, 1.165) is 43.5 Å². The van der Waals surface area contributed by atoms with Crippen LogP contribution in [0.2, 0.25) is 0 Å². The van der Waals surface area contributed by atoms with Crippen LogP contribution in [0.1, 0.15) is 53.0 Å². The van der Waals surface area contributed by atoms with Gasteiger partial charge >= 0.3 is 5.97 Å². The van der Waals surface area contributed by atoms with Crippen LogP contribution in [0.25, 0.3) is 10.9 Å². The van der Waals surface area contributed by atoms with Gasteiger partial charge in [-0.25, -0.2) is 9.78 Å². The largest absolute Gasteiger partial charge is 0.457 e. The molecule has 0 saturated heterocycles. The Morgan fingerprint density at radius 2 is 2.00 bits per heavy atom. The van der Waals surface area contributed by atoms with Gasteiger partial charge in [0.2, 0.25) is 0 Å². The maximum absolute atomic E-state index is 12.9. The molecule has 0 aliphatic carbocycles. The summed E-state index contributed by atoms with van der Waals surface area (Å²) in [6, 6.07) is 13.9. The summed E-state index contributed by atoms with van der Waals surface area (Å²) >= 11 is 0. The number of aryl methyl sites for hydroxylation is 1. The molecule has 0 spiro atoms. The molecule has 3 aromatic rings. The Balaban J connectivity index is 1.59. The molecule has 0 saturated carbocycles. The minimum Gasteiger partial charge on any atom is -0.457 e. The zero-order chi connectivity index (χ0) is 20.2. The number of hydrogen-bond donors (Lipinski definition) is 0. The maximum atomic E-state index is 12.9. The van der Waals surface area contributed by atoms with Gasteiger partial charge in [0, 0.05) is 13.0 Å². The average Bonchev–Trinajstić information content (AvgIpc) is 2.73. The number of nitrogens with zero attached hydrogens (tertiary/aromatic N) is 3. The average molecular weight is 387 g/mol. The summed E-state index contributed by atoms with van der Waals surface area (Å²) in [6.07, 6.45) is 5.05. The third kappa shape index (κ3) is 4.04. The van der Waals surface area contributed by atoms with E-state index in [1.165, 1.54) is 0 Å². The molecule has 2 aromatic carbocycles. The second-order valence-corrected chi connectivity index (χ2v) is 7.27. The molecule has 0 amide bonds. The first-order valence-corrected chi connectivity index (χ1v) is 9.85. The van der Waals surface area contributed by atoms with E-state index in [9.17, 15) is 9.59 Å². The van der Waals surface area contributed by atoms with E-state index in [4.69, 9.17) is 10.00 Å². The Morgan fingerprint density at radius 3 is 2.86 bits per heavy atom. The molecule has 6 nitrogen and oxygen atoms in total. The number of benzene rings is 2. The van der Waals surface area contributed by atoms with Gasteiger partial charge in [-0.1, -0.05) is 25.0 Å². The topological polar surface area (TPSA) is 85.0 Å². The number of nitriles is 1. The molecule has 1 aliphatic rings. The van der Waals surface area contributed by atoms with Gasteiger partial charge in [-0.2, -0.15) is 5.26 Å². The van der Waals surface area contributed by atoms with Crippen molar-refractivity contribution in [1.29, 1.82) is 5.26 Å². The fraction of sp³-hybridized carbons (Fsp3) is 0.304. The van der Waals surface area contributed by atoms with Crippen molar-refractivity contribution >= 4 is 16.9 Å². The number of hydrogen-bond acceptors (Lipinski definition) is 5. The first-order chi connectivity index (χ1) is 14.2. The van der Waals surface area contributed by atoms with Crippen molar-refractivity contribution in [3.8, 4) is 6.07 Å². The van der Waals surface area contributed by atoms with Crippen LogP contribution in [0.4, 0.5) is 0 Å². The van der Waals surface area contributed by atoms with Crippen molar-refractivity contribution in [3.05, 3.63) is 75.3 Å². The lowest BCUT2D eigenvalue weighted by molar-refractivity contribution is 0.0473. The number of carbonyl (C=O) groups is 1. The summed E-state index contributed by atoms with van der Waals surface area (Å²) in [5.74, 6) is 0.309. The molecule has 0 atom stereocenters. The molecule has 0 unspecified atom stereocenters. The van der Waals surface area contributed by atoms with Gasteiger partial charge in [0.05, 0.1) is 28.1 Å². The summed E-state index contributed by atoms with van der Waals surface area (Å²) < 4.78 is 7.16. The molecule has 1 aliphatic heterocycles. The number of rotatable bonds is 3. The highest BCUT2D eigenvalue weighted by atomic mass is 16.5. The summed E-state index contributed by atoms with van der Waals surface area (Å²) in [6.45, 7) is 0.773. The van der Waals surface area contributed by atoms with E-state index in [0.29, 0.717) is 28.6 Å². The minimum atomic E-state index is -0.483. The summed E-state index contributed by atoms with van der Waals surface area (Å²) in [5.41, 5.74) is 2.11. The molecular weight excluding hydrogens is 366 g/mol. The number of ether oxygens (including phenoxy) is 1. The van der Waals surface area contributed by atoms with E-state index in [1.807, 2.05) is 0 Å². The van der Waals surface area contributed by atoms with Crippen molar-refractivity contribution in [3.63, 3.8) is 0 Å². The maximum Gasteiger partial charge on any atom is 0.338 e. The Bertz CT molecular complexity index is 1170. The molecule has 1 aromatic heterocycles. The van der Waals surface area contributed by atoms with Crippen LogP contribution in [0.3, 0.4) is 0 Å². The third-order valence-electron chi connectivity index (χ3n) is 5.23. The van der Waals surface area contributed by atoms with Gasteiger partial charge in [-0.05, 0) is 48.7 Å². The predicted molar refractivity (Wildman–Crippen MR) is 108 cm³/mol. The summed E-state index contributed by atoms with van der Waals surface area (Å²) in [4.78, 5) is 30.0. The number of aromatic nitrogens is 2. The highest BCUT2D eigenvalue weighted by Gasteiger charge is 2.15. The minimum absolute atomic E-state index is 0.0415. The number of fused-ring (bicyclic) bond motifs is 2. The van der Waals surface area contributed by atoms with Crippen LogP contribution in [-0.2, 0) is 24.3 Å². The second-order valence-electron chi connectivity index (χ2n) is 7.27. The normalized spacial score (nSPS) is 13.8. The van der Waals surface area contributed by atoms with Gasteiger partial charge in [-0.15, -0.1) is 0 Å². The molecule has 0 bridgehead atoms. The van der Waals surface area contributed by atoms with Gasteiger partial charge in [0.1, 0.15) is 12.4 Å². The van der Waals surface area contributed by atoms with Crippen LogP contribution in [0.5, 0.6) is 0 Å². The summed E-state index contributed by atoms with van der Waals surface area (Å²) in [7, 11) is 0. The molecule has 0 fully saturated rings. The molecule has 4 rings (SSSR count). The Kier molecular flexibility index (Phi) is 5.39. The van der Waals surface area contributed by atoms with Crippen molar-refractivity contribution in [2.75, 3.05) is 0 Å². The van der Waals surface area contributed by atoms with Gasteiger partial charge < -0.3 is 4.74 Å². The monoisotopic (exact) mass is 387 g/mol. The van der Waals surface area contributed by atoms with Crippen LogP contribution in [0, 0.1) is 11.3 Å². The van der Waals surface area contributed by atoms with Crippen LogP contribution >= 0.6 is 0 Å². The van der Waals surface area contributed by atoms with Gasteiger partial charge in [0.15, 0.2) is 0 Å². The molecular formula is C23H21N3O3. The second kappa shape index (κ2) is 8.27. The molecule has 0 radical (unpaired) electrons. The van der Waals surface area contributed by atoms with E-state index in [2.05, 4.69) is 11.1 Å². The Labute approximate surface area is 168 Å². The lowest BCUT2D eigenvalue weighted by Crippen LogP contribution is -2.26. The Hall–Kier alpha value is -3.46. The smallest absolute Gasteiger partial charge is 0.338 e. The van der Waals surface area contributed by atoms with Gasteiger partial charge in [0.25, 0.3) is 5.56 Å². The zero-order valence-electron chi connectivity index (χ0n) is 16.1. The summed E-state index contributed by atoms with van der Waals surface area (Å²) in [5, 5.41) is 9.49. The van der Waals surface area contributed by atoms with Crippen molar-refractivity contribution < 1.29 is 9.53 Å². The van der Waals surface area contributed by atoms with E-state index in [-0.39, 0.29) is 12.2 Å². The number of esters is 1. The SMILES string of the molecule is N#Cc1cccc(COC(=O)c2ccc3c(=O)n4c(nc3c2)CCCCCC4)c1. The van der Waals surface area contributed by atoms with Gasteiger partial charge in [-0.3, -0.25) is 9.36 Å². The lowest BCUT2D eigenvalue weighted by atomic mass is 10.1. The van der Waals surface area contributed by atoms with Crippen molar-refractivity contribution in [2.45, 2.75) is 45.3 Å². The van der Waals surface area contributed by atoms with E-state index < -0.39 is 5.97 Å². The third-order valence-corrected chi connectivity index (χ3v) is 5.23. The highest BCUT2D eigenvalue weighted by molar-refractivity contribution is 5.94. The lowest BCUT2D eigenvalue weighted by Gasteiger charge is -2.16. The van der Waals surface area contributed by atoms with Crippen molar-refractivity contribution in [1.82, 2.24) is 9.55 Å². The first kappa shape index (κ1) is 18.9. The molecule has 29 heavy (non-hydrogen) atoms. The molecule has 2 heterocycles. The van der Waals surface area contributed by atoms with Crippen LogP contribution in [-0.4, -0.2) is 15.5 Å². The fourth-order valence-corrected chi connectivity index (χ4v) is 3.68. The zero-order valence-corrected chi connectivity index (χ0v) is 16.1. The van der Waals surface area contributed by atoms with E-state index in [1.54, 1.807) is 47.0 Å². The number of carbonyl (C=O) groups excluding carboxylic acids is 1.